The van der Waals surface area contributed by atoms with Crippen molar-refractivity contribution in [2.24, 2.45) is 5.92 Å². The first-order chi connectivity index (χ1) is 9.72. The second-order valence-corrected chi connectivity index (χ2v) is 5.39. The molecule has 0 amide bonds. The molecule has 1 atom stereocenters. The lowest BCUT2D eigenvalue weighted by molar-refractivity contribution is -0.145. The van der Waals surface area contributed by atoms with Crippen molar-refractivity contribution in [3.8, 4) is 11.1 Å². The molecule has 0 aliphatic heterocycles. The Hall–Kier alpha value is -2.09. The SMILES string of the molecule is COC(=O)C(C)CC1c2ccccc2-c2ccccc21. The molecule has 2 heteroatoms. The average Bonchev–Trinajstić information content (AvgIpc) is 2.81. The van der Waals surface area contributed by atoms with Gasteiger partial charge in [-0.15, -0.1) is 0 Å². The number of esters is 1. The van der Waals surface area contributed by atoms with E-state index in [1.165, 1.54) is 29.4 Å². The molecule has 0 bridgehead atoms. The monoisotopic (exact) mass is 266 g/mol. The lowest BCUT2D eigenvalue weighted by atomic mass is 9.88. The van der Waals surface area contributed by atoms with E-state index in [1.54, 1.807) is 0 Å². The molecule has 1 aliphatic rings. The van der Waals surface area contributed by atoms with Crippen LogP contribution in [-0.4, -0.2) is 13.1 Å². The Morgan fingerprint density at radius 2 is 1.55 bits per heavy atom. The third kappa shape index (κ3) is 2.01. The highest BCUT2D eigenvalue weighted by atomic mass is 16.5. The quantitative estimate of drug-likeness (QED) is 0.785. The van der Waals surface area contributed by atoms with Gasteiger partial charge in [0.1, 0.15) is 0 Å². The molecule has 2 aromatic carbocycles. The standard InChI is InChI=1S/C18H18O2/c1-12(18(19)20-2)11-17-15-9-5-3-7-13(15)14-8-4-6-10-16(14)17/h3-10,12,17H,11H2,1-2H3. The summed E-state index contributed by atoms with van der Waals surface area (Å²) >= 11 is 0. The zero-order chi connectivity index (χ0) is 14.1. The minimum atomic E-state index is -0.133. The van der Waals surface area contributed by atoms with E-state index in [0.29, 0.717) is 0 Å². The van der Waals surface area contributed by atoms with Gasteiger partial charge in [0.25, 0.3) is 0 Å². The van der Waals surface area contributed by atoms with Gasteiger partial charge >= 0.3 is 5.97 Å². The highest BCUT2D eigenvalue weighted by molar-refractivity contribution is 5.79. The van der Waals surface area contributed by atoms with Crippen molar-refractivity contribution < 1.29 is 9.53 Å². The van der Waals surface area contributed by atoms with Crippen molar-refractivity contribution >= 4 is 5.97 Å². The maximum Gasteiger partial charge on any atom is 0.308 e. The number of benzene rings is 2. The molecule has 0 N–H and O–H groups in total. The molecular formula is C18H18O2. The summed E-state index contributed by atoms with van der Waals surface area (Å²) in [4.78, 5) is 11.7. The Morgan fingerprint density at radius 1 is 1.05 bits per heavy atom. The lowest BCUT2D eigenvalue weighted by Gasteiger charge is -2.17. The van der Waals surface area contributed by atoms with Crippen molar-refractivity contribution in [2.75, 3.05) is 7.11 Å². The first kappa shape index (κ1) is 12.9. The molecule has 0 spiro atoms. The largest absolute Gasteiger partial charge is 0.469 e. The smallest absolute Gasteiger partial charge is 0.308 e. The number of carbonyl (C=O) groups excluding carboxylic acids is 1. The second-order valence-electron chi connectivity index (χ2n) is 5.39. The molecule has 0 saturated heterocycles. The zero-order valence-electron chi connectivity index (χ0n) is 11.8. The Balaban J connectivity index is 2.01. The van der Waals surface area contributed by atoms with Crippen LogP contribution < -0.4 is 0 Å². The highest BCUT2D eigenvalue weighted by Crippen LogP contribution is 2.47. The summed E-state index contributed by atoms with van der Waals surface area (Å²) in [6.07, 6.45) is 0.792. The molecule has 0 saturated carbocycles. The topological polar surface area (TPSA) is 26.3 Å². The molecule has 2 aromatic rings. The fourth-order valence-corrected chi connectivity index (χ4v) is 3.16. The summed E-state index contributed by atoms with van der Waals surface area (Å²) in [7, 11) is 1.45. The van der Waals surface area contributed by atoms with Gasteiger partial charge in [-0.3, -0.25) is 4.79 Å². The molecule has 1 aliphatic carbocycles. The number of hydrogen-bond acceptors (Lipinski definition) is 2. The fourth-order valence-electron chi connectivity index (χ4n) is 3.16. The molecule has 3 rings (SSSR count). The number of fused-ring (bicyclic) bond motifs is 3. The Kier molecular flexibility index (Phi) is 3.31. The third-order valence-corrected chi connectivity index (χ3v) is 4.16. The van der Waals surface area contributed by atoms with Crippen molar-refractivity contribution in [3.05, 3.63) is 59.7 Å². The van der Waals surface area contributed by atoms with E-state index in [2.05, 4.69) is 48.5 Å². The number of carbonyl (C=O) groups is 1. The van der Waals surface area contributed by atoms with Crippen LogP contribution >= 0.6 is 0 Å². The number of rotatable bonds is 3. The van der Waals surface area contributed by atoms with Gasteiger partial charge < -0.3 is 4.74 Å². The summed E-state index contributed by atoms with van der Waals surface area (Å²) < 4.78 is 4.86. The molecule has 0 aromatic heterocycles. The molecule has 2 nitrogen and oxygen atoms in total. The molecule has 20 heavy (non-hydrogen) atoms. The maximum atomic E-state index is 11.7. The van der Waals surface area contributed by atoms with Crippen LogP contribution in [0.2, 0.25) is 0 Å². The van der Waals surface area contributed by atoms with E-state index >= 15 is 0 Å². The Morgan fingerprint density at radius 3 is 2.05 bits per heavy atom. The van der Waals surface area contributed by atoms with Crippen LogP contribution in [0.3, 0.4) is 0 Å². The minimum absolute atomic E-state index is 0.0933. The Bertz CT molecular complexity index is 600. The van der Waals surface area contributed by atoms with Crippen LogP contribution in [0.1, 0.15) is 30.4 Å². The van der Waals surface area contributed by atoms with Crippen LogP contribution in [0.15, 0.2) is 48.5 Å². The summed E-state index contributed by atoms with van der Waals surface area (Å²) in [5.41, 5.74) is 5.24. The first-order valence-electron chi connectivity index (χ1n) is 6.98. The molecule has 0 radical (unpaired) electrons. The second kappa shape index (κ2) is 5.12. The van der Waals surface area contributed by atoms with Crippen LogP contribution in [0.4, 0.5) is 0 Å². The average molecular weight is 266 g/mol. The fraction of sp³-hybridized carbons (Fsp3) is 0.278. The van der Waals surface area contributed by atoms with Crippen molar-refractivity contribution in [2.45, 2.75) is 19.3 Å². The minimum Gasteiger partial charge on any atom is -0.469 e. The maximum absolute atomic E-state index is 11.7. The van der Waals surface area contributed by atoms with Crippen molar-refractivity contribution in [1.82, 2.24) is 0 Å². The summed E-state index contributed by atoms with van der Waals surface area (Å²) in [6, 6.07) is 17.0. The third-order valence-electron chi connectivity index (χ3n) is 4.16. The van der Waals surface area contributed by atoms with Gasteiger partial charge in [0.2, 0.25) is 0 Å². The predicted molar refractivity (Wildman–Crippen MR) is 79.5 cm³/mol. The van der Waals surface area contributed by atoms with Crippen molar-refractivity contribution in [1.29, 1.82) is 0 Å². The van der Waals surface area contributed by atoms with Crippen LogP contribution in [-0.2, 0) is 9.53 Å². The summed E-state index contributed by atoms with van der Waals surface area (Å²) in [5, 5.41) is 0. The van der Waals surface area contributed by atoms with Gasteiger partial charge in [0.05, 0.1) is 13.0 Å². The molecule has 0 fully saturated rings. The van der Waals surface area contributed by atoms with E-state index in [1.807, 2.05) is 6.92 Å². The molecule has 102 valence electrons. The van der Waals surface area contributed by atoms with Gasteiger partial charge in [-0.25, -0.2) is 0 Å². The lowest BCUT2D eigenvalue weighted by Crippen LogP contribution is -2.15. The van der Waals surface area contributed by atoms with Gasteiger partial charge in [-0.05, 0) is 28.7 Å². The van der Waals surface area contributed by atoms with E-state index in [0.717, 1.165) is 6.42 Å². The van der Waals surface area contributed by atoms with Crippen LogP contribution in [0.25, 0.3) is 11.1 Å². The normalized spacial score (nSPS) is 14.5. The summed E-state index contributed by atoms with van der Waals surface area (Å²) in [6.45, 7) is 1.94. The van der Waals surface area contributed by atoms with E-state index in [4.69, 9.17) is 4.74 Å². The number of ether oxygens (including phenoxy) is 1. The van der Waals surface area contributed by atoms with Crippen LogP contribution in [0, 0.1) is 5.92 Å². The van der Waals surface area contributed by atoms with Crippen molar-refractivity contribution in [3.63, 3.8) is 0 Å². The van der Waals surface area contributed by atoms with Gasteiger partial charge in [-0.2, -0.15) is 0 Å². The number of methoxy groups -OCH3 is 1. The van der Waals surface area contributed by atoms with E-state index in [-0.39, 0.29) is 17.8 Å². The highest BCUT2D eigenvalue weighted by Gasteiger charge is 2.30. The number of hydrogen-bond donors (Lipinski definition) is 0. The predicted octanol–water partition coefficient (Wildman–Crippen LogP) is 4.00. The van der Waals surface area contributed by atoms with Gasteiger partial charge in [0.15, 0.2) is 0 Å². The molecule has 1 unspecified atom stereocenters. The molecule has 0 heterocycles. The van der Waals surface area contributed by atoms with Gasteiger partial charge in [-0.1, -0.05) is 55.5 Å². The first-order valence-corrected chi connectivity index (χ1v) is 6.98. The Labute approximate surface area is 119 Å². The summed E-state index contributed by atoms with van der Waals surface area (Å²) in [5.74, 6) is 0.0626. The van der Waals surface area contributed by atoms with E-state index < -0.39 is 0 Å². The van der Waals surface area contributed by atoms with Gasteiger partial charge in [0, 0.05) is 5.92 Å². The van der Waals surface area contributed by atoms with E-state index in [9.17, 15) is 4.79 Å². The molecular weight excluding hydrogens is 248 g/mol. The zero-order valence-corrected chi connectivity index (χ0v) is 11.8. The van der Waals surface area contributed by atoms with Crippen LogP contribution in [0.5, 0.6) is 0 Å².